The lowest BCUT2D eigenvalue weighted by molar-refractivity contribution is -0.113. The van der Waals surface area contributed by atoms with E-state index in [1.165, 1.54) is 30.0 Å². The van der Waals surface area contributed by atoms with Crippen molar-refractivity contribution in [3.05, 3.63) is 34.5 Å². The number of nitrogens with zero attached hydrogens (tertiary/aromatic N) is 4. The largest absolute Gasteiger partial charge is 0.415 e. The first-order valence-electron chi connectivity index (χ1n) is 11.5. The third kappa shape index (κ3) is 5.56. The molecule has 0 saturated carbocycles. The number of rotatable bonds is 5. The van der Waals surface area contributed by atoms with Crippen molar-refractivity contribution < 1.29 is 18.7 Å². The first-order valence-corrected chi connectivity index (χ1v) is 12.3. The summed E-state index contributed by atoms with van der Waals surface area (Å²) in [6.07, 6.45) is 4.10. The first kappa shape index (κ1) is 23.7. The number of hydrogen-bond acceptors (Lipinski definition) is 7. The molecule has 1 atom stereocenters. The number of aliphatic imine (C=N–C) groups is 1. The van der Waals surface area contributed by atoms with E-state index in [1.807, 2.05) is 5.01 Å². The van der Waals surface area contributed by atoms with Gasteiger partial charge in [0.1, 0.15) is 11.6 Å². The third-order valence-corrected chi connectivity index (χ3v) is 7.17. The second-order valence-corrected chi connectivity index (χ2v) is 9.25. The van der Waals surface area contributed by atoms with E-state index in [0.29, 0.717) is 34.8 Å². The van der Waals surface area contributed by atoms with Gasteiger partial charge in [-0.1, -0.05) is 13.8 Å². The lowest BCUT2D eigenvalue weighted by atomic mass is 10.2. The van der Waals surface area contributed by atoms with Crippen molar-refractivity contribution in [3.8, 4) is 5.75 Å². The molecule has 178 valence electrons. The van der Waals surface area contributed by atoms with E-state index in [2.05, 4.69) is 29.2 Å². The van der Waals surface area contributed by atoms with E-state index in [4.69, 9.17) is 4.74 Å². The van der Waals surface area contributed by atoms with Gasteiger partial charge in [-0.15, -0.1) is 0 Å². The molecule has 3 heterocycles. The molecule has 0 aromatic heterocycles. The van der Waals surface area contributed by atoms with Crippen LogP contribution in [0.15, 0.2) is 28.1 Å². The molecule has 0 radical (unpaired) electrons. The molecule has 2 amide bonds. The zero-order valence-electron chi connectivity index (χ0n) is 19.1. The summed E-state index contributed by atoms with van der Waals surface area (Å²) >= 11 is 1.26. The Bertz CT molecular complexity index is 959. The Balaban J connectivity index is 1.46. The summed E-state index contributed by atoms with van der Waals surface area (Å²) in [7, 11) is 0. The summed E-state index contributed by atoms with van der Waals surface area (Å²) in [6, 6.07) is 4.28. The Morgan fingerprint density at radius 1 is 1.33 bits per heavy atom. The van der Waals surface area contributed by atoms with E-state index in [0.717, 1.165) is 45.4 Å². The molecule has 8 nitrogen and oxygen atoms in total. The molecule has 0 spiro atoms. The van der Waals surface area contributed by atoms with Gasteiger partial charge in [0, 0.05) is 43.9 Å². The van der Waals surface area contributed by atoms with Crippen LogP contribution in [0.25, 0.3) is 6.08 Å². The van der Waals surface area contributed by atoms with Crippen LogP contribution in [0.4, 0.5) is 9.18 Å². The van der Waals surface area contributed by atoms with E-state index in [9.17, 15) is 14.0 Å². The summed E-state index contributed by atoms with van der Waals surface area (Å²) in [5.74, 6) is -0.774. The molecular formula is C23H30FN5O3S. The smallest absolute Gasteiger partial charge is 0.409 e. The van der Waals surface area contributed by atoms with Gasteiger partial charge in [-0.25, -0.2) is 14.6 Å². The predicted molar refractivity (Wildman–Crippen MR) is 127 cm³/mol. The predicted octanol–water partition coefficient (Wildman–Crippen LogP) is 3.31. The molecule has 4 rings (SSSR count). The van der Waals surface area contributed by atoms with Gasteiger partial charge < -0.3 is 9.64 Å². The van der Waals surface area contributed by atoms with Crippen molar-refractivity contribution >= 4 is 35.0 Å². The fraction of sp³-hybridized carbons (Fsp3) is 0.522. The summed E-state index contributed by atoms with van der Waals surface area (Å²) in [5.41, 5.74) is 3.70. The van der Waals surface area contributed by atoms with Crippen LogP contribution < -0.4 is 10.2 Å². The van der Waals surface area contributed by atoms with Crippen LogP contribution >= 0.6 is 11.8 Å². The molecule has 33 heavy (non-hydrogen) atoms. The molecule has 2 fully saturated rings. The number of likely N-dealkylation sites (N-methyl/N-ethyl adjacent to an activating group) is 1. The van der Waals surface area contributed by atoms with Gasteiger partial charge in [-0.3, -0.25) is 14.7 Å². The van der Waals surface area contributed by atoms with Gasteiger partial charge in [0.2, 0.25) is 0 Å². The number of ether oxygens (including phenoxy) is 1. The van der Waals surface area contributed by atoms with Crippen LogP contribution in [0.1, 0.15) is 38.7 Å². The van der Waals surface area contributed by atoms with E-state index in [-0.39, 0.29) is 11.7 Å². The fourth-order valence-electron chi connectivity index (χ4n) is 4.33. The summed E-state index contributed by atoms with van der Waals surface area (Å²) in [5, 5.41) is 2.49. The average Bonchev–Trinajstić information content (AvgIpc) is 3.45. The highest BCUT2D eigenvalue weighted by atomic mass is 32.2. The zero-order chi connectivity index (χ0) is 23.4. The summed E-state index contributed by atoms with van der Waals surface area (Å²) < 4.78 is 19.6. The highest BCUT2D eigenvalue weighted by molar-refractivity contribution is 8.18. The number of thioether (sulfide) groups is 1. The molecule has 0 aliphatic carbocycles. The Kier molecular flexibility index (Phi) is 7.67. The zero-order valence-corrected chi connectivity index (χ0v) is 19.9. The Morgan fingerprint density at radius 2 is 2.15 bits per heavy atom. The maximum Gasteiger partial charge on any atom is 0.415 e. The molecule has 0 bridgehead atoms. The van der Waals surface area contributed by atoms with Gasteiger partial charge in [0.25, 0.3) is 5.91 Å². The summed E-state index contributed by atoms with van der Waals surface area (Å²) in [4.78, 5) is 33.8. The standard InChI is InChI=1S/C23H30FN5O3S/c1-3-27(4-2)18-9-12-28(15-18)23(31)32-19-14-17(24)8-7-16(19)13-20-21(30)26-22(33-20)29-11-6-5-10-25-29/h7-8,13-14,18,25H,3-6,9-12,15H2,1-2H3/t18-/m0/s1. The third-order valence-electron chi connectivity index (χ3n) is 6.16. The number of hydrogen-bond donors (Lipinski definition) is 1. The molecule has 1 N–H and O–H groups in total. The second-order valence-electron chi connectivity index (χ2n) is 8.24. The Hall–Kier alpha value is -2.43. The molecular weight excluding hydrogens is 445 g/mol. The fourth-order valence-corrected chi connectivity index (χ4v) is 5.24. The normalized spacial score (nSPS) is 22.4. The quantitative estimate of drug-likeness (QED) is 0.655. The van der Waals surface area contributed by atoms with Gasteiger partial charge in [0.05, 0.1) is 4.91 Å². The molecule has 1 aromatic carbocycles. The van der Waals surface area contributed by atoms with E-state index < -0.39 is 11.9 Å². The maximum atomic E-state index is 14.0. The number of halogens is 1. The van der Waals surface area contributed by atoms with Crippen LogP contribution in [-0.2, 0) is 4.79 Å². The van der Waals surface area contributed by atoms with E-state index in [1.54, 1.807) is 11.0 Å². The van der Waals surface area contributed by atoms with Crippen molar-refractivity contribution in [1.82, 2.24) is 20.2 Å². The monoisotopic (exact) mass is 475 g/mol. The lowest BCUT2D eigenvalue weighted by Gasteiger charge is -2.28. The van der Waals surface area contributed by atoms with Gasteiger partial charge in [0.15, 0.2) is 5.17 Å². The van der Waals surface area contributed by atoms with Crippen molar-refractivity contribution in [3.63, 3.8) is 0 Å². The maximum absolute atomic E-state index is 14.0. The molecule has 3 aliphatic rings. The minimum atomic E-state index is -0.512. The van der Waals surface area contributed by atoms with Crippen molar-refractivity contribution in [2.45, 2.75) is 39.2 Å². The van der Waals surface area contributed by atoms with Crippen LogP contribution in [-0.4, -0.2) is 77.3 Å². The second kappa shape index (κ2) is 10.7. The average molecular weight is 476 g/mol. The first-order chi connectivity index (χ1) is 16.0. The van der Waals surface area contributed by atoms with Crippen molar-refractivity contribution in [2.24, 2.45) is 4.99 Å². The van der Waals surface area contributed by atoms with Gasteiger partial charge in [-0.2, -0.15) is 4.99 Å². The van der Waals surface area contributed by atoms with Crippen molar-refractivity contribution in [1.29, 1.82) is 0 Å². The highest BCUT2D eigenvalue weighted by Gasteiger charge is 2.31. The Labute approximate surface area is 197 Å². The minimum absolute atomic E-state index is 0.0942. The summed E-state index contributed by atoms with van der Waals surface area (Å²) in [6.45, 7) is 8.88. The van der Waals surface area contributed by atoms with Crippen LogP contribution in [0.5, 0.6) is 5.75 Å². The van der Waals surface area contributed by atoms with Crippen LogP contribution in [0, 0.1) is 5.82 Å². The van der Waals surface area contributed by atoms with Crippen LogP contribution in [0.2, 0.25) is 0 Å². The van der Waals surface area contributed by atoms with Crippen LogP contribution in [0.3, 0.4) is 0 Å². The number of hydrazine groups is 1. The molecule has 0 unspecified atom stereocenters. The number of nitrogens with one attached hydrogen (secondary N) is 1. The number of carbonyl (C=O) groups is 2. The number of benzene rings is 1. The molecule has 2 saturated heterocycles. The SMILES string of the molecule is CCN(CC)[C@H]1CCN(C(=O)Oc2cc(F)ccc2C=C2SC(N3CCCCN3)=NC2=O)C1. The topological polar surface area (TPSA) is 77.5 Å². The lowest BCUT2D eigenvalue weighted by Crippen LogP contribution is -2.45. The van der Waals surface area contributed by atoms with E-state index >= 15 is 0 Å². The highest BCUT2D eigenvalue weighted by Crippen LogP contribution is 2.33. The molecule has 1 aromatic rings. The number of amides is 2. The number of amidine groups is 1. The van der Waals surface area contributed by atoms with Crippen molar-refractivity contribution in [2.75, 3.05) is 39.3 Å². The molecule has 10 heteroatoms. The number of likely N-dealkylation sites (tertiary alicyclic amines) is 1. The number of carbonyl (C=O) groups excluding carboxylic acids is 2. The van der Waals surface area contributed by atoms with Gasteiger partial charge >= 0.3 is 6.09 Å². The minimum Gasteiger partial charge on any atom is -0.409 e. The van der Waals surface area contributed by atoms with Gasteiger partial charge in [-0.05, 0) is 62.3 Å². The molecule has 3 aliphatic heterocycles. The Morgan fingerprint density at radius 3 is 2.88 bits per heavy atom.